The third-order valence-corrected chi connectivity index (χ3v) is 5.23. The monoisotopic (exact) mass is 384 g/mol. The van der Waals surface area contributed by atoms with Crippen molar-refractivity contribution in [1.82, 2.24) is 0 Å². The van der Waals surface area contributed by atoms with Gasteiger partial charge in [0.1, 0.15) is 5.82 Å². The van der Waals surface area contributed by atoms with Gasteiger partial charge in [-0.2, -0.15) is 0 Å². The van der Waals surface area contributed by atoms with Crippen LogP contribution in [-0.4, -0.2) is 14.3 Å². The molecule has 0 fully saturated rings. The molecule has 0 aliphatic carbocycles. The Morgan fingerprint density at radius 3 is 2.30 bits per heavy atom. The SMILES string of the molecule is CC(=O)Nc1cc(NS(=O)(=O)c2ccccc2-c2ccccc2)ccc1F. The molecule has 0 aliphatic rings. The Hall–Kier alpha value is -3.19. The number of carbonyl (C=O) groups is 1. The molecule has 2 N–H and O–H groups in total. The Balaban J connectivity index is 1.99. The topological polar surface area (TPSA) is 75.3 Å². The van der Waals surface area contributed by atoms with E-state index in [0.717, 1.165) is 11.6 Å². The van der Waals surface area contributed by atoms with Gasteiger partial charge in [-0.05, 0) is 29.8 Å². The van der Waals surface area contributed by atoms with Gasteiger partial charge in [-0.1, -0.05) is 48.5 Å². The number of hydrogen-bond acceptors (Lipinski definition) is 3. The van der Waals surface area contributed by atoms with Crippen molar-refractivity contribution in [2.24, 2.45) is 0 Å². The minimum absolute atomic E-state index is 0.0981. The molecule has 0 aromatic heterocycles. The lowest BCUT2D eigenvalue weighted by molar-refractivity contribution is -0.114. The Morgan fingerprint density at radius 1 is 0.926 bits per heavy atom. The summed E-state index contributed by atoms with van der Waals surface area (Å²) in [4.78, 5) is 11.3. The molecule has 138 valence electrons. The maximum absolute atomic E-state index is 13.8. The average molecular weight is 384 g/mol. The van der Waals surface area contributed by atoms with Crippen molar-refractivity contribution >= 4 is 27.3 Å². The van der Waals surface area contributed by atoms with Crippen LogP contribution in [0.4, 0.5) is 15.8 Å². The second-order valence-electron chi connectivity index (χ2n) is 5.84. The van der Waals surface area contributed by atoms with Crippen LogP contribution in [0.1, 0.15) is 6.92 Å². The first kappa shape index (κ1) is 18.6. The number of hydrogen-bond donors (Lipinski definition) is 2. The molecule has 1 amide bonds. The number of halogens is 1. The molecule has 0 radical (unpaired) electrons. The quantitative estimate of drug-likeness (QED) is 0.690. The molecule has 0 saturated heterocycles. The number of carbonyl (C=O) groups excluding carboxylic acids is 1. The molecule has 0 heterocycles. The van der Waals surface area contributed by atoms with Crippen LogP contribution >= 0.6 is 0 Å². The highest BCUT2D eigenvalue weighted by molar-refractivity contribution is 7.92. The fraction of sp³-hybridized carbons (Fsp3) is 0.0500. The van der Waals surface area contributed by atoms with E-state index in [1.54, 1.807) is 18.2 Å². The van der Waals surface area contributed by atoms with Crippen molar-refractivity contribution in [3.05, 3.63) is 78.6 Å². The summed E-state index contributed by atoms with van der Waals surface area (Å²) < 4.78 is 42.1. The van der Waals surface area contributed by atoms with Crippen LogP contribution in [-0.2, 0) is 14.8 Å². The molecule has 0 aliphatic heterocycles. The molecule has 0 bridgehead atoms. The number of nitrogens with one attached hydrogen (secondary N) is 2. The van der Waals surface area contributed by atoms with Gasteiger partial charge in [0.25, 0.3) is 10.0 Å². The summed E-state index contributed by atoms with van der Waals surface area (Å²) in [6.07, 6.45) is 0. The average Bonchev–Trinajstić information content (AvgIpc) is 2.64. The predicted molar refractivity (Wildman–Crippen MR) is 103 cm³/mol. The van der Waals surface area contributed by atoms with Gasteiger partial charge in [-0.15, -0.1) is 0 Å². The maximum Gasteiger partial charge on any atom is 0.262 e. The van der Waals surface area contributed by atoms with Crippen molar-refractivity contribution in [3.63, 3.8) is 0 Å². The minimum atomic E-state index is -3.94. The van der Waals surface area contributed by atoms with Gasteiger partial charge < -0.3 is 5.32 Å². The Morgan fingerprint density at radius 2 is 1.59 bits per heavy atom. The zero-order chi connectivity index (χ0) is 19.4. The molecule has 0 atom stereocenters. The summed E-state index contributed by atoms with van der Waals surface area (Å²) in [5.74, 6) is -1.11. The van der Waals surface area contributed by atoms with E-state index >= 15 is 0 Å². The standard InChI is InChI=1S/C20H17FN2O3S/c1-14(24)22-19-13-16(11-12-18(19)21)23-27(25,26)20-10-6-5-9-17(20)15-7-3-2-4-8-15/h2-13,23H,1H3,(H,22,24). The summed E-state index contributed by atoms with van der Waals surface area (Å²) in [6.45, 7) is 1.24. The largest absolute Gasteiger partial charge is 0.324 e. The highest BCUT2D eigenvalue weighted by Crippen LogP contribution is 2.29. The van der Waals surface area contributed by atoms with Gasteiger partial charge in [0.2, 0.25) is 5.91 Å². The lowest BCUT2D eigenvalue weighted by Crippen LogP contribution is -2.15. The molecule has 3 rings (SSSR count). The predicted octanol–water partition coefficient (Wildman–Crippen LogP) is 4.25. The van der Waals surface area contributed by atoms with E-state index in [1.807, 2.05) is 30.3 Å². The van der Waals surface area contributed by atoms with Crippen molar-refractivity contribution in [3.8, 4) is 11.1 Å². The van der Waals surface area contributed by atoms with Crippen LogP contribution in [0.3, 0.4) is 0 Å². The van der Waals surface area contributed by atoms with Crippen molar-refractivity contribution in [2.45, 2.75) is 11.8 Å². The van der Waals surface area contributed by atoms with Crippen LogP contribution in [0, 0.1) is 5.82 Å². The third-order valence-electron chi connectivity index (χ3n) is 3.79. The van der Waals surface area contributed by atoms with Crippen molar-refractivity contribution < 1.29 is 17.6 Å². The number of amides is 1. The van der Waals surface area contributed by atoms with Gasteiger partial charge >= 0.3 is 0 Å². The van der Waals surface area contributed by atoms with Crippen LogP contribution in [0.15, 0.2) is 77.7 Å². The number of rotatable bonds is 5. The van der Waals surface area contributed by atoms with E-state index in [0.29, 0.717) is 5.56 Å². The second-order valence-corrected chi connectivity index (χ2v) is 7.49. The van der Waals surface area contributed by atoms with E-state index < -0.39 is 21.7 Å². The molecule has 0 spiro atoms. The van der Waals surface area contributed by atoms with Gasteiger partial charge in [0, 0.05) is 12.5 Å². The highest BCUT2D eigenvalue weighted by Gasteiger charge is 2.19. The van der Waals surface area contributed by atoms with Crippen LogP contribution in [0.2, 0.25) is 0 Å². The van der Waals surface area contributed by atoms with Gasteiger partial charge in [-0.3, -0.25) is 9.52 Å². The number of benzene rings is 3. The molecular weight excluding hydrogens is 367 g/mol. The number of anilines is 2. The van der Waals surface area contributed by atoms with E-state index in [4.69, 9.17) is 0 Å². The Labute approximate surface area is 156 Å². The minimum Gasteiger partial charge on any atom is -0.324 e. The van der Waals surface area contributed by atoms with Crippen molar-refractivity contribution in [1.29, 1.82) is 0 Å². The van der Waals surface area contributed by atoms with Gasteiger partial charge in [-0.25, -0.2) is 12.8 Å². The van der Waals surface area contributed by atoms with Crippen LogP contribution in [0.25, 0.3) is 11.1 Å². The lowest BCUT2D eigenvalue weighted by atomic mass is 10.1. The first-order valence-electron chi connectivity index (χ1n) is 8.11. The lowest BCUT2D eigenvalue weighted by Gasteiger charge is -2.13. The first-order valence-corrected chi connectivity index (χ1v) is 9.59. The fourth-order valence-corrected chi connectivity index (χ4v) is 3.92. The second kappa shape index (κ2) is 7.59. The zero-order valence-electron chi connectivity index (χ0n) is 14.4. The molecule has 0 unspecified atom stereocenters. The summed E-state index contributed by atoms with van der Waals surface area (Å²) >= 11 is 0. The normalized spacial score (nSPS) is 11.0. The van der Waals surface area contributed by atoms with E-state index in [1.165, 1.54) is 25.1 Å². The molecule has 5 nitrogen and oxygen atoms in total. The third kappa shape index (κ3) is 4.32. The Kier molecular flexibility index (Phi) is 5.23. The maximum atomic E-state index is 13.8. The molecule has 27 heavy (non-hydrogen) atoms. The van der Waals surface area contributed by atoms with Gasteiger partial charge in [0.05, 0.1) is 16.3 Å². The summed E-state index contributed by atoms with van der Waals surface area (Å²) in [5, 5.41) is 2.33. The zero-order valence-corrected chi connectivity index (χ0v) is 15.3. The summed E-state index contributed by atoms with van der Waals surface area (Å²) in [6, 6.07) is 19.4. The molecule has 3 aromatic carbocycles. The van der Waals surface area contributed by atoms with Crippen LogP contribution < -0.4 is 10.0 Å². The summed E-state index contributed by atoms with van der Waals surface area (Å²) in [5.41, 5.74) is 1.35. The first-order chi connectivity index (χ1) is 12.9. The van der Waals surface area contributed by atoms with Gasteiger partial charge in [0.15, 0.2) is 0 Å². The Bertz CT molecular complexity index is 1080. The molecule has 0 saturated carbocycles. The molecular formula is C20H17FN2O3S. The summed E-state index contributed by atoms with van der Waals surface area (Å²) in [7, 11) is -3.94. The van der Waals surface area contributed by atoms with E-state index in [-0.39, 0.29) is 16.3 Å². The highest BCUT2D eigenvalue weighted by atomic mass is 32.2. The number of sulfonamides is 1. The van der Waals surface area contributed by atoms with Crippen LogP contribution in [0.5, 0.6) is 0 Å². The van der Waals surface area contributed by atoms with Crippen molar-refractivity contribution in [2.75, 3.05) is 10.0 Å². The molecule has 3 aromatic rings. The van der Waals surface area contributed by atoms with E-state index in [9.17, 15) is 17.6 Å². The molecule has 7 heteroatoms. The smallest absolute Gasteiger partial charge is 0.262 e. The van der Waals surface area contributed by atoms with E-state index in [2.05, 4.69) is 10.0 Å². The fourth-order valence-electron chi connectivity index (χ4n) is 2.64.